The van der Waals surface area contributed by atoms with E-state index in [9.17, 15) is 13.2 Å². The fraction of sp³-hybridized carbons (Fsp3) is 0.417. The summed E-state index contributed by atoms with van der Waals surface area (Å²) in [6.45, 7) is 1.42. The van der Waals surface area contributed by atoms with Crippen LogP contribution in [0.2, 0.25) is 0 Å². The van der Waals surface area contributed by atoms with Crippen LogP contribution in [0.1, 0.15) is 18.9 Å². The van der Waals surface area contributed by atoms with Gasteiger partial charge in [0.05, 0.1) is 18.6 Å². The Bertz CT molecular complexity index is 541. The third kappa shape index (κ3) is 4.02. The van der Waals surface area contributed by atoms with Crippen molar-refractivity contribution in [2.45, 2.75) is 30.9 Å². The van der Waals surface area contributed by atoms with Gasteiger partial charge in [0.1, 0.15) is 6.04 Å². The van der Waals surface area contributed by atoms with E-state index < -0.39 is 22.0 Å². The quantitative estimate of drug-likeness (QED) is 0.739. The Labute approximate surface area is 112 Å². The van der Waals surface area contributed by atoms with Crippen molar-refractivity contribution < 1.29 is 23.1 Å². The number of hydrogen-bond acceptors (Lipinski definition) is 5. The number of rotatable bonds is 6. The van der Waals surface area contributed by atoms with Crippen LogP contribution >= 0.6 is 0 Å². The molecule has 106 valence electrons. The first-order chi connectivity index (χ1) is 8.94. The molecule has 7 heteroatoms. The lowest BCUT2D eigenvalue weighted by Crippen LogP contribution is -2.40. The Morgan fingerprint density at radius 3 is 2.68 bits per heavy atom. The number of ether oxygens (including phenoxy) is 1. The highest BCUT2D eigenvalue weighted by Crippen LogP contribution is 2.13. The van der Waals surface area contributed by atoms with Crippen molar-refractivity contribution >= 4 is 16.0 Å². The van der Waals surface area contributed by atoms with Crippen LogP contribution in [0, 0.1) is 0 Å². The molecule has 0 radical (unpaired) electrons. The van der Waals surface area contributed by atoms with Gasteiger partial charge in [0, 0.05) is 0 Å². The van der Waals surface area contributed by atoms with E-state index in [4.69, 9.17) is 5.11 Å². The number of methoxy groups -OCH3 is 1. The van der Waals surface area contributed by atoms with Gasteiger partial charge in [-0.15, -0.1) is 0 Å². The Kier molecular flexibility index (Phi) is 5.46. The normalized spacial score (nSPS) is 13.0. The molecule has 1 aromatic rings. The largest absolute Gasteiger partial charge is 0.468 e. The molecule has 0 aliphatic heterocycles. The third-order valence-electron chi connectivity index (χ3n) is 2.58. The molecule has 0 fully saturated rings. The number of aliphatic hydroxyl groups excluding tert-OH is 1. The first kappa shape index (κ1) is 15.6. The fourth-order valence-electron chi connectivity index (χ4n) is 1.51. The second-order valence-electron chi connectivity index (χ2n) is 3.91. The summed E-state index contributed by atoms with van der Waals surface area (Å²) in [4.78, 5) is 11.4. The van der Waals surface area contributed by atoms with Crippen LogP contribution in [-0.4, -0.2) is 32.6 Å². The van der Waals surface area contributed by atoms with Gasteiger partial charge in [-0.1, -0.05) is 19.1 Å². The van der Waals surface area contributed by atoms with Gasteiger partial charge in [0.15, 0.2) is 0 Å². The second-order valence-corrected chi connectivity index (χ2v) is 5.62. The van der Waals surface area contributed by atoms with Gasteiger partial charge in [-0.05, 0) is 24.1 Å². The van der Waals surface area contributed by atoms with Crippen molar-refractivity contribution in [3.05, 3.63) is 29.8 Å². The van der Waals surface area contributed by atoms with Crippen molar-refractivity contribution in [2.24, 2.45) is 0 Å². The number of nitrogens with one attached hydrogen (secondary N) is 1. The summed E-state index contributed by atoms with van der Waals surface area (Å²) in [5.41, 5.74) is 0.481. The smallest absolute Gasteiger partial charge is 0.323 e. The van der Waals surface area contributed by atoms with Crippen LogP contribution in [0.15, 0.2) is 29.2 Å². The topological polar surface area (TPSA) is 92.7 Å². The molecule has 0 unspecified atom stereocenters. The number of benzene rings is 1. The molecule has 2 N–H and O–H groups in total. The highest BCUT2D eigenvalue weighted by atomic mass is 32.2. The molecule has 0 aliphatic carbocycles. The Morgan fingerprint density at radius 2 is 2.16 bits per heavy atom. The van der Waals surface area contributed by atoms with Gasteiger partial charge in [-0.3, -0.25) is 4.79 Å². The van der Waals surface area contributed by atoms with E-state index in [0.29, 0.717) is 5.56 Å². The molecule has 0 aromatic heterocycles. The lowest BCUT2D eigenvalue weighted by molar-refractivity contribution is -0.142. The molecule has 19 heavy (non-hydrogen) atoms. The molecular formula is C12H17NO5S. The van der Waals surface area contributed by atoms with Crippen LogP contribution in [0.4, 0.5) is 0 Å². The van der Waals surface area contributed by atoms with E-state index in [1.54, 1.807) is 13.0 Å². The highest BCUT2D eigenvalue weighted by Gasteiger charge is 2.24. The van der Waals surface area contributed by atoms with E-state index in [1.807, 2.05) is 0 Å². The SMILES string of the molecule is CC[C@H](NS(=O)(=O)c1cccc(CO)c1)C(=O)OC. The van der Waals surface area contributed by atoms with Gasteiger partial charge < -0.3 is 9.84 Å². The minimum absolute atomic E-state index is 0.00130. The van der Waals surface area contributed by atoms with Gasteiger partial charge in [0.25, 0.3) is 0 Å². The van der Waals surface area contributed by atoms with Crippen molar-refractivity contribution in [3.63, 3.8) is 0 Å². The molecule has 1 aromatic carbocycles. The van der Waals surface area contributed by atoms with Crippen molar-refractivity contribution in [1.82, 2.24) is 4.72 Å². The molecule has 0 aliphatic rings. The van der Waals surface area contributed by atoms with E-state index in [-0.39, 0.29) is 17.9 Å². The van der Waals surface area contributed by atoms with Gasteiger partial charge >= 0.3 is 5.97 Å². The second kappa shape index (κ2) is 6.65. The van der Waals surface area contributed by atoms with E-state index in [2.05, 4.69) is 9.46 Å². The number of carbonyl (C=O) groups is 1. The van der Waals surface area contributed by atoms with Crippen molar-refractivity contribution in [1.29, 1.82) is 0 Å². The zero-order valence-corrected chi connectivity index (χ0v) is 11.6. The predicted molar refractivity (Wildman–Crippen MR) is 68.8 cm³/mol. The maximum Gasteiger partial charge on any atom is 0.323 e. The zero-order valence-electron chi connectivity index (χ0n) is 10.8. The average Bonchev–Trinajstić information content (AvgIpc) is 2.44. The van der Waals surface area contributed by atoms with Crippen LogP contribution in [0.25, 0.3) is 0 Å². The minimum atomic E-state index is -3.82. The number of hydrogen-bond donors (Lipinski definition) is 2. The summed E-state index contributed by atoms with van der Waals surface area (Å²) in [6.07, 6.45) is 0.283. The van der Waals surface area contributed by atoms with Gasteiger partial charge in [0.2, 0.25) is 10.0 Å². The number of sulfonamides is 1. The summed E-state index contributed by atoms with van der Waals surface area (Å²) >= 11 is 0. The number of esters is 1. The lowest BCUT2D eigenvalue weighted by atomic mass is 10.2. The third-order valence-corrected chi connectivity index (χ3v) is 4.05. The van der Waals surface area contributed by atoms with E-state index in [0.717, 1.165) is 0 Å². The van der Waals surface area contributed by atoms with E-state index in [1.165, 1.54) is 25.3 Å². The first-order valence-corrected chi connectivity index (χ1v) is 7.23. The Hall–Kier alpha value is -1.44. The highest BCUT2D eigenvalue weighted by molar-refractivity contribution is 7.89. The Balaban J connectivity index is 3.00. The number of aliphatic hydroxyl groups is 1. The maximum atomic E-state index is 12.1. The number of carbonyl (C=O) groups excluding carboxylic acids is 1. The molecule has 0 saturated heterocycles. The van der Waals surface area contributed by atoms with Crippen LogP contribution < -0.4 is 4.72 Å². The van der Waals surface area contributed by atoms with Crippen LogP contribution in [0.5, 0.6) is 0 Å². The lowest BCUT2D eigenvalue weighted by Gasteiger charge is -2.15. The first-order valence-electron chi connectivity index (χ1n) is 5.74. The maximum absolute atomic E-state index is 12.1. The molecule has 0 heterocycles. The molecule has 6 nitrogen and oxygen atoms in total. The summed E-state index contributed by atoms with van der Waals surface area (Å²) in [5, 5.41) is 8.99. The molecule has 0 amide bonds. The molecule has 0 saturated carbocycles. The summed E-state index contributed by atoms with van der Waals surface area (Å²) in [7, 11) is -2.62. The standard InChI is InChI=1S/C12H17NO5S/c1-3-11(12(15)18-2)13-19(16,17)10-6-4-5-9(7-10)8-14/h4-7,11,13-14H,3,8H2,1-2H3/t11-/m0/s1. The monoisotopic (exact) mass is 287 g/mol. The molecule has 1 atom stereocenters. The predicted octanol–water partition coefficient (Wildman–Crippen LogP) is 0.409. The Morgan fingerprint density at radius 1 is 1.47 bits per heavy atom. The molecule has 1 rings (SSSR count). The average molecular weight is 287 g/mol. The van der Waals surface area contributed by atoms with E-state index >= 15 is 0 Å². The summed E-state index contributed by atoms with van der Waals surface area (Å²) in [6, 6.07) is 4.96. The van der Waals surface area contributed by atoms with Gasteiger partial charge in [-0.25, -0.2) is 8.42 Å². The molecular weight excluding hydrogens is 270 g/mol. The van der Waals surface area contributed by atoms with Crippen LogP contribution in [-0.2, 0) is 26.2 Å². The fourth-order valence-corrected chi connectivity index (χ4v) is 2.84. The van der Waals surface area contributed by atoms with Crippen LogP contribution in [0.3, 0.4) is 0 Å². The van der Waals surface area contributed by atoms with Gasteiger partial charge in [-0.2, -0.15) is 4.72 Å². The molecule has 0 bridgehead atoms. The summed E-state index contributed by atoms with van der Waals surface area (Å²) in [5.74, 6) is -0.635. The summed E-state index contributed by atoms with van der Waals surface area (Å²) < 4.78 is 31.0. The molecule has 0 spiro atoms. The van der Waals surface area contributed by atoms with Crippen molar-refractivity contribution in [3.8, 4) is 0 Å². The van der Waals surface area contributed by atoms with Crippen molar-refractivity contribution in [2.75, 3.05) is 7.11 Å². The minimum Gasteiger partial charge on any atom is -0.468 e. The zero-order chi connectivity index (χ0) is 14.5.